The van der Waals surface area contributed by atoms with Gasteiger partial charge in [-0.2, -0.15) is 0 Å². The second-order valence-corrected chi connectivity index (χ2v) is 10.9. The van der Waals surface area contributed by atoms with Crippen LogP contribution in [0.2, 0.25) is 0 Å². The average Bonchev–Trinajstić information content (AvgIpc) is 3.30. The normalized spacial score (nSPS) is 17.5. The molecule has 2 N–H and O–H groups in total. The number of rotatable bonds is 7. The van der Waals surface area contributed by atoms with Crippen LogP contribution in [0.25, 0.3) is 10.2 Å². The van der Waals surface area contributed by atoms with Crippen molar-refractivity contribution in [1.29, 1.82) is 0 Å². The van der Waals surface area contributed by atoms with Crippen LogP contribution in [0.5, 0.6) is 5.75 Å². The molecule has 10 heteroatoms. The third-order valence-electron chi connectivity index (χ3n) is 5.43. The fourth-order valence-electron chi connectivity index (χ4n) is 3.70. The van der Waals surface area contributed by atoms with Crippen molar-refractivity contribution in [2.75, 3.05) is 30.5 Å². The van der Waals surface area contributed by atoms with Crippen LogP contribution in [0.15, 0.2) is 30.6 Å². The number of thiophene rings is 1. The Morgan fingerprint density at radius 1 is 1.26 bits per heavy atom. The van der Waals surface area contributed by atoms with Crippen molar-refractivity contribution in [2.45, 2.75) is 19.9 Å². The molecule has 0 unspecified atom stereocenters. The topological polar surface area (TPSA) is 110 Å². The van der Waals surface area contributed by atoms with Crippen molar-refractivity contribution >= 4 is 43.1 Å². The maximum absolute atomic E-state index is 12.8. The molecule has 1 aromatic carbocycles. The Morgan fingerprint density at radius 2 is 2.03 bits per heavy atom. The van der Waals surface area contributed by atoms with Crippen molar-refractivity contribution in [3.63, 3.8) is 0 Å². The predicted octanol–water partition coefficient (Wildman–Crippen LogP) is 2.78. The number of methoxy groups -OCH3 is 1. The van der Waals surface area contributed by atoms with E-state index >= 15 is 0 Å². The fraction of sp³-hybridized carbons (Fsp3) is 0.381. The van der Waals surface area contributed by atoms with Crippen molar-refractivity contribution in [3.05, 3.63) is 46.6 Å². The molecule has 0 spiro atoms. The smallest absolute Gasteiger partial charge is 0.261 e. The summed E-state index contributed by atoms with van der Waals surface area (Å²) < 4.78 is 28.5. The zero-order valence-electron chi connectivity index (χ0n) is 17.3. The SMILES string of the molecule is COc1ccc(CNC(=O)c2sc3ncnc(NC[C@H]4CCS(=O)(=O)C4)c3c2C)cc1. The summed E-state index contributed by atoms with van der Waals surface area (Å²) in [7, 11) is -1.31. The molecule has 0 aliphatic carbocycles. The predicted molar refractivity (Wildman–Crippen MR) is 122 cm³/mol. The van der Waals surface area contributed by atoms with Gasteiger partial charge in [0.25, 0.3) is 5.91 Å². The number of carbonyl (C=O) groups excluding carboxylic acids is 1. The quantitative estimate of drug-likeness (QED) is 0.558. The van der Waals surface area contributed by atoms with Gasteiger partial charge in [0, 0.05) is 13.1 Å². The molecule has 8 nitrogen and oxygen atoms in total. The number of benzene rings is 1. The Morgan fingerprint density at radius 3 is 2.71 bits per heavy atom. The van der Waals surface area contributed by atoms with Gasteiger partial charge in [-0.3, -0.25) is 4.79 Å². The number of sulfone groups is 1. The van der Waals surface area contributed by atoms with Crippen molar-refractivity contribution < 1.29 is 17.9 Å². The monoisotopic (exact) mass is 460 g/mol. The maximum atomic E-state index is 12.8. The van der Waals surface area contributed by atoms with E-state index < -0.39 is 9.84 Å². The molecule has 4 rings (SSSR count). The molecule has 1 amide bonds. The molecule has 164 valence electrons. The number of amides is 1. The van der Waals surface area contributed by atoms with E-state index in [0.717, 1.165) is 27.1 Å². The van der Waals surface area contributed by atoms with Crippen LogP contribution in [-0.2, 0) is 16.4 Å². The minimum Gasteiger partial charge on any atom is -0.497 e. The molecule has 31 heavy (non-hydrogen) atoms. The second-order valence-electron chi connectivity index (χ2n) is 7.64. The molecule has 1 atom stereocenters. The number of hydrogen-bond acceptors (Lipinski definition) is 8. The number of carbonyl (C=O) groups is 1. The molecule has 1 fully saturated rings. The van der Waals surface area contributed by atoms with E-state index in [0.29, 0.717) is 30.2 Å². The summed E-state index contributed by atoms with van der Waals surface area (Å²) in [5.41, 5.74) is 1.79. The zero-order valence-corrected chi connectivity index (χ0v) is 19.0. The number of aryl methyl sites for hydroxylation is 1. The molecule has 1 saturated heterocycles. The van der Waals surface area contributed by atoms with Crippen molar-refractivity contribution in [1.82, 2.24) is 15.3 Å². The lowest BCUT2D eigenvalue weighted by atomic mass is 10.1. The first-order chi connectivity index (χ1) is 14.9. The summed E-state index contributed by atoms with van der Waals surface area (Å²) in [6.07, 6.45) is 2.12. The van der Waals surface area contributed by atoms with E-state index in [1.165, 1.54) is 17.7 Å². The van der Waals surface area contributed by atoms with Crippen molar-refractivity contribution in [3.8, 4) is 5.75 Å². The number of anilines is 1. The number of nitrogens with zero attached hydrogens (tertiary/aromatic N) is 2. The van der Waals surface area contributed by atoms with Gasteiger partial charge in [0.05, 0.1) is 28.9 Å². The van der Waals surface area contributed by atoms with Gasteiger partial charge in [0.1, 0.15) is 22.7 Å². The Balaban J connectivity index is 1.47. The van der Waals surface area contributed by atoms with Crippen LogP contribution in [0.1, 0.15) is 27.2 Å². The molecule has 1 aliphatic rings. The minimum atomic E-state index is -2.92. The van der Waals surface area contributed by atoms with Gasteiger partial charge in [-0.25, -0.2) is 18.4 Å². The van der Waals surface area contributed by atoms with Crippen LogP contribution in [0, 0.1) is 12.8 Å². The van der Waals surface area contributed by atoms with Crippen molar-refractivity contribution in [2.24, 2.45) is 5.92 Å². The minimum absolute atomic E-state index is 0.0706. The molecule has 1 aliphatic heterocycles. The Labute approximate surface area is 185 Å². The van der Waals surface area contributed by atoms with Gasteiger partial charge in [0.2, 0.25) is 0 Å². The molecule has 0 bridgehead atoms. The first-order valence-electron chi connectivity index (χ1n) is 9.96. The van der Waals surface area contributed by atoms with E-state index in [4.69, 9.17) is 4.74 Å². The van der Waals surface area contributed by atoms with Crippen LogP contribution < -0.4 is 15.4 Å². The Kier molecular flexibility index (Phi) is 6.10. The molecule has 3 aromatic rings. The van der Waals surface area contributed by atoms with Gasteiger partial charge in [0.15, 0.2) is 9.84 Å². The summed E-state index contributed by atoms with van der Waals surface area (Å²) in [5.74, 6) is 1.76. The molecular formula is C21H24N4O4S2. The first kappa shape index (κ1) is 21.5. The van der Waals surface area contributed by atoms with Crippen LogP contribution >= 0.6 is 11.3 Å². The highest BCUT2D eigenvalue weighted by Gasteiger charge is 2.28. The highest BCUT2D eigenvalue weighted by Crippen LogP contribution is 2.33. The number of nitrogens with one attached hydrogen (secondary N) is 2. The van der Waals surface area contributed by atoms with E-state index in [1.54, 1.807) is 7.11 Å². The van der Waals surface area contributed by atoms with Crippen LogP contribution in [0.4, 0.5) is 5.82 Å². The average molecular weight is 461 g/mol. The summed E-state index contributed by atoms with van der Waals surface area (Å²) in [5, 5.41) is 7.04. The summed E-state index contributed by atoms with van der Waals surface area (Å²) in [6, 6.07) is 7.53. The molecule has 2 aromatic heterocycles. The number of ether oxygens (including phenoxy) is 1. The highest BCUT2D eigenvalue weighted by atomic mass is 32.2. The number of hydrogen-bond donors (Lipinski definition) is 2. The Hall–Kier alpha value is -2.72. The molecule has 0 saturated carbocycles. The number of aromatic nitrogens is 2. The summed E-state index contributed by atoms with van der Waals surface area (Å²) in [6.45, 7) is 2.82. The van der Waals surface area contributed by atoms with Gasteiger partial charge < -0.3 is 15.4 Å². The van der Waals surface area contributed by atoms with Gasteiger partial charge >= 0.3 is 0 Å². The number of fused-ring (bicyclic) bond motifs is 1. The summed E-state index contributed by atoms with van der Waals surface area (Å²) in [4.78, 5) is 22.8. The highest BCUT2D eigenvalue weighted by molar-refractivity contribution is 7.91. The van der Waals surface area contributed by atoms with E-state index in [2.05, 4.69) is 20.6 Å². The third-order valence-corrected chi connectivity index (χ3v) is 8.47. The Bertz CT molecular complexity index is 1210. The zero-order chi connectivity index (χ0) is 22.0. The standard InChI is InChI=1S/C21H24N4O4S2/c1-13-17-19(22-10-15-7-8-31(27,28)11-15)24-12-25-21(17)30-18(13)20(26)23-9-14-3-5-16(29-2)6-4-14/h3-6,12,15H,7-11H2,1-2H3,(H,23,26)(H,22,24,25)/t15-/m1/s1. The summed E-state index contributed by atoms with van der Waals surface area (Å²) >= 11 is 1.33. The van der Waals surface area contributed by atoms with Gasteiger partial charge in [-0.15, -0.1) is 11.3 Å². The van der Waals surface area contributed by atoms with Crippen LogP contribution in [0.3, 0.4) is 0 Å². The third kappa shape index (κ3) is 4.80. The molecule has 0 radical (unpaired) electrons. The molecule has 3 heterocycles. The first-order valence-corrected chi connectivity index (χ1v) is 12.6. The van der Waals surface area contributed by atoms with E-state index in [-0.39, 0.29) is 23.3 Å². The van der Waals surface area contributed by atoms with E-state index in [9.17, 15) is 13.2 Å². The molecular weight excluding hydrogens is 436 g/mol. The van der Waals surface area contributed by atoms with Gasteiger partial charge in [-0.1, -0.05) is 12.1 Å². The lowest BCUT2D eigenvalue weighted by Crippen LogP contribution is -2.22. The lowest BCUT2D eigenvalue weighted by molar-refractivity contribution is 0.0954. The largest absolute Gasteiger partial charge is 0.497 e. The fourth-order valence-corrected chi connectivity index (χ4v) is 6.63. The lowest BCUT2D eigenvalue weighted by Gasteiger charge is -2.11. The van der Waals surface area contributed by atoms with Crippen LogP contribution in [-0.4, -0.2) is 49.5 Å². The second kappa shape index (κ2) is 8.80. The van der Waals surface area contributed by atoms with Gasteiger partial charge in [-0.05, 0) is 42.5 Å². The maximum Gasteiger partial charge on any atom is 0.261 e. The van der Waals surface area contributed by atoms with E-state index in [1.807, 2.05) is 31.2 Å².